The summed E-state index contributed by atoms with van der Waals surface area (Å²) in [6.07, 6.45) is -4.52. The number of benzene rings is 1. The van der Waals surface area contributed by atoms with E-state index in [1.54, 1.807) is 25.1 Å². The zero-order chi connectivity index (χ0) is 12.6. The summed E-state index contributed by atoms with van der Waals surface area (Å²) in [5, 5.41) is 3.48. The van der Waals surface area contributed by atoms with Gasteiger partial charge in [0.2, 0.25) is 0 Å². The van der Waals surface area contributed by atoms with Crippen molar-refractivity contribution in [3.8, 4) is 5.69 Å². The van der Waals surface area contributed by atoms with E-state index in [-0.39, 0.29) is 38.5 Å². The fourth-order valence-corrected chi connectivity index (χ4v) is 1.48. The molecule has 3 nitrogen and oxygen atoms in total. The zero-order valence-corrected chi connectivity index (χ0v) is 12.6. The van der Waals surface area contributed by atoms with E-state index in [4.69, 9.17) is 0 Å². The van der Waals surface area contributed by atoms with Crippen LogP contribution < -0.4 is 0 Å². The van der Waals surface area contributed by atoms with Crippen molar-refractivity contribution < 1.29 is 45.9 Å². The van der Waals surface area contributed by atoms with Gasteiger partial charge in [0.15, 0.2) is 0 Å². The van der Waals surface area contributed by atoms with E-state index in [1.165, 1.54) is 11.6 Å². The monoisotopic (exact) mass is 329 g/mol. The summed E-state index contributed by atoms with van der Waals surface area (Å²) in [6.45, 7) is 3.26. The molecule has 18 heavy (non-hydrogen) atoms. The smallest absolute Gasteiger partial charge is 0.242 e. The molecular formula is C11H9F3N3Y-. The standard InChI is InChI=1S/C11H9F3N3.Y/c1-7-5-3-4-6-9(7)17-8(2)15-10(16-17)11(12,13)14;/h4-6H,1-2H3;/q-1;. The summed E-state index contributed by atoms with van der Waals surface area (Å²) in [5.74, 6) is -0.922. The summed E-state index contributed by atoms with van der Waals surface area (Å²) in [7, 11) is 0. The molecular weight excluding hydrogens is 320 g/mol. The maximum absolute atomic E-state index is 12.5. The maximum Gasteiger partial charge on any atom is 0.453 e. The van der Waals surface area contributed by atoms with Gasteiger partial charge in [-0.3, -0.25) is 0 Å². The topological polar surface area (TPSA) is 30.7 Å². The Morgan fingerprint density at radius 1 is 1.28 bits per heavy atom. The maximum atomic E-state index is 12.5. The summed E-state index contributed by atoms with van der Waals surface area (Å²) in [6, 6.07) is 7.80. The van der Waals surface area contributed by atoms with Crippen LogP contribution in [-0.2, 0) is 38.9 Å². The SMILES string of the molecule is Cc1c[c-]ccc1-n1nc(C(F)(F)F)nc1C.[Y]. The number of alkyl halides is 3. The first-order valence-electron chi connectivity index (χ1n) is 4.87. The van der Waals surface area contributed by atoms with Crippen molar-refractivity contribution in [3.05, 3.63) is 41.5 Å². The predicted octanol–water partition coefficient (Wildman–Crippen LogP) is 2.70. The molecule has 1 radical (unpaired) electrons. The van der Waals surface area contributed by atoms with Crippen LogP contribution in [0.25, 0.3) is 5.69 Å². The molecule has 1 aromatic heterocycles. The summed E-state index contributed by atoms with van der Waals surface area (Å²) >= 11 is 0. The number of hydrogen-bond acceptors (Lipinski definition) is 2. The molecule has 0 spiro atoms. The van der Waals surface area contributed by atoms with Crippen LogP contribution in [0.1, 0.15) is 17.2 Å². The Morgan fingerprint density at radius 3 is 2.44 bits per heavy atom. The van der Waals surface area contributed by atoms with Gasteiger partial charge in [0.1, 0.15) is 5.82 Å². The van der Waals surface area contributed by atoms with E-state index in [9.17, 15) is 13.2 Å². The number of halogens is 3. The van der Waals surface area contributed by atoms with Crippen molar-refractivity contribution >= 4 is 0 Å². The van der Waals surface area contributed by atoms with Crippen LogP contribution in [0.3, 0.4) is 0 Å². The largest absolute Gasteiger partial charge is 0.453 e. The van der Waals surface area contributed by atoms with Gasteiger partial charge in [-0.15, -0.1) is 16.7 Å². The molecule has 7 heteroatoms. The van der Waals surface area contributed by atoms with Gasteiger partial charge in [0.05, 0.1) is 0 Å². The fourth-order valence-electron chi connectivity index (χ4n) is 1.48. The van der Waals surface area contributed by atoms with Crippen LogP contribution in [0.5, 0.6) is 0 Å². The first-order valence-corrected chi connectivity index (χ1v) is 4.87. The third kappa shape index (κ3) is 2.98. The van der Waals surface area contributed by atoms with Gasteiger partial charge in [-0.1, -0.05) is 6.92 Å². The molecule has 0 aliphatic heterocycles. The third-order valence-electron chi connectivity index (χ3n) is 2.29. The molecule has 0 bridgehead atoms. The average Bonchev–Trinajstić information content (AvgIpc) is 2.61. The second kappa shape index (κ2) is 5.49. The molecule has 0 aliphatic carbocycles. The van der Waals surface area contributed by atoms with Crippen molar-refractivity contribution in [2.45, 2.75) is 20.0 Å². The quantitative estimate of drug-likeness (QED) is 0.753. The Hall–Kier alpha value is -0.746. The van der Waals surface area contributed by atoms with Crippen LogP contribution in [0, 0.1) is 19.9 Å². The molecule has 1 aromatic carbocycles. The van der Waals surface area contributed by atoms with Crippen LogP contribution in [0.4, 0.5) is 13.2 Å². The second-order valence-electron chi connectivity index (χ2n) is 3.60. The summed E-state index contributed by atoms with van der Waals surface area (Å²) < 4.78 is 38.5. The van der Waals surface area contributed by atoms with E-state index >= 15 is 0 Å². The zero-order valence-electron chi connectivity index (χ0n) is 9.78. The first-order chi connectivity index (χ1) is 7.89. The summed E-state index contributed by atoms with van der Waals surface area (Å²) in [4.78, 5) is 3.42. The number of aryl methyl sites for hydroxylation is 2. The van der Waals surface area contributed by atoms with E-state index in [0.29, 0.717) is 5.69 Å². The molecule has 0 aliphatic rings. The molecule has 0 N–H and O–H groups in total. The van der Waals surface area contributed by atoms with Crippen molar-refractivity contribution in [3.63, 3.8) is 0 Å². The van der Waals surface area contributed by atoms with Crippen LogP contribution in [0.2, 0.25) is 0 Å². The van der Waals surface area contributed by atoms with E-state index in [2.05, 4.69) is 16.1 Å². The molecule has 2 rings (SSSR count). The van der Waals surface area contributed by atoms with Crippen LogP contribution in [0.15, 0.2) is 18.2 Å². The van der Waals surface area contributed by atoms with Crippen molar-refractivity contribution in [2.24, 2.45) is 0 Å². The molecule has 0 saturated heterocycles. The molecule has 0 atom stereocenters. The molecule has 93 valence electrons. The van der Waals surface area contributed by atoms with Gasteiger partial charge in [-0.25, -0.2) is 9.67 Å². The Balaban J connectivity index is 0.00000162. The van der Waals surface area contributed by atoms with E-state index < -0.39 is 12.0 Å². The molecule has 2 aromatic rings. The Kier molecular flexibility index (Phi) is 4.67. The van der Waals surface area contributed by atoms with Gasteiger partial charge in [-0.2, -0.15) is 31.4 Å². The predicted molar refractivity (Wildman–Crippen MR) is 54.7 cm³/mol. The van der Waals surface area contributed by atoms with Crippen LogP contribution >= 0.6 is 0 Å². The first kappa shape index (κ1) is 15.3. The average molecular weight is 329 g/mol. The molecule has 0 saturated carbocycles. The normalized spacial score (nSPS) is 11.2. The van der Waals surface area contributed by atoms with Gasteiger partial charge in [-0.05, 0) is 12.6 Å². The minimum absolute atomic E-state index is 0. The van der Waals surface area contributed by atoms with E-state index in [1.807, 2.05) is 0 Å². The minimum atomic E-state index is -4.52. The van der Waals surface area contributed by atoms with Gasteiger partial charge in [0.25, 0.3) is 5.82 Å². The Bertz CT molecular complexity index is 549. The summed E-state index contributed by atoms with van der Waals surface area (Å²) in [5.41, 5.74) is 1.36. The van der Waals surface area contributed by atoms with E-state index in [0.717, 1.165) is 5.56 Å². The third-order valence-corrected chi connectivity index (χ3v) is 2.29. The molecule has 0 unspecified atom stereocenters. The molecule has 0 fully saturated rings. The number of hydrogen-bond donors (Lipinski definition) is 0. The minimum Gasteiger partial charge on any atom is -0.242 e. The molecule has 0 amide bonds. The van der Waals surface area contributed by atoms with Gasteiger partial charge >= 0.3 is 6.18 Å². The Morgan fingerprint density at radius 2 is 1.94 bits per heavy atom. The fraction of sp³-hybridized carbons (Fsp3) is 0.273. The Labute approximate surface area is 127 Å². The number of aromatic nitrogens is 3. The van der Waals surface area contributed by atoms with Crippen molar-refractivity contribution in [1.82, 2.24) is 14.8 Å². The second-order valence-corrected chi connectivity index (χ2v) is 3.60. The number of rotatable bonds is 1. The van der Waals surface area contributed by atoms with Crippen molar-refractivity contribution in [2.75, 3.05) is 0 Å². The van der Waals surface area contributed by atoms with Gasteiger partial charge < -0.3 is 0 Å². The van der Waals surface area contributed by atoms with Crippen LogP contribution in [-0.4, -0.2) is 14.8 Å². The number of nitrogens with zero attached hydrogens (tertiary/aromatic N) is 3. The molecule has 1 heterocycles. The van der Waals surface area contributed by atoms with Crippen molar-refractivity contribution in [1.29, 1.82) is 0 Å². The van der Waals surface area contributed by atoms with Gasteiger partial charge in [0, 0.05) is 32.7 Å².